The second kappa shape index (κ2) is 15.2. The Balaban J connectivity index is -0.0000000865. The molecule has 0 saturated heterocycles. The number of hydrogen-bond acceptors (Lipinski definition) is 6. The molecule has 0 N–H and O–H groups in total. The van der Waals surface area contributed by atoms with Crippen molar-refractivity contribution < 1.29 is 29.7 Å². The average Bonchev–Trinajstić information content (AvgIpc) is 2.18. The summed E-state index contributed by atoms with van der Waals surface area (Å²) in [5.41, 5.74) is 0. The van der Waals surface area contributed by atoms with E-state index in [2.05, 4.69) is 19.7 Å². The fourth-order valence-electron chi connectivity index (χ4n) is 0. The fraction of sp³-hybridized carbons (Fsp3) is 0. The molecule has 0 bridgehead atoms. The van der Waals surface area contributed by atoms with E-state index in [0.29, 0.717) is 0 Å². The molecule has 0 aromatic heterocycles. The van der Waals surface area contributed by atoms with Crippen molar-refractivity contribution in [3.63, 3.8) is 0 Å². The third-order valence-electron chi connectivity index (χ3n) is 0.664. The van der Waals surface area contributed by atoms with E-state index in [9.17, 15) is 29.7 Å². The normalized spacial score (nSPS) is 7.11. The molecule has 10 heteroatoms. The molecule has 102 valence electrons. The Morgan fingerprint density at radius 3 is 0.684 bits per heavy atom. The van der Waals surface area contributed by atoms with Crippen molar-refractivity contribution in [1.82, 2.24) is 0 Å². The monoisotopic (exact) mass is 384 g/mol. The summed E-state index contributed by atoms with van der Waals surface area (Å²) in [7, 11) is 0. The maximum absolute atomic E-state index is 9.36. The zero-order valence-corrected chi connectivity index (χ0v) is 14.0. The summed E-state index contributed by atoms with van der Waals surface area (Å²) >= 11 is 14.3. The van der Waals surface area contributed by atoms with E-state index in [4.69, 9.17) is 34.8 Å². The SMILES string of the molecule is C=C(Cl)C(=O)[O-].C=C(Cl)C(=O)[O-].C=C(Cl)C(=O)[O-].[Ga+3]. The molecule has 0 aromatic carbocycles. The molecular formula is C9H6Cl3GaO6. The van der Waals surface area contributed by atoms with Gasteiger partial charge < -0.3 is 29.7 Å². The van der Waals surface area contributed by atoms with Gasteiger partial charge in [-0.25, -0.2) is 0 Å². The number of carboxylic acids is 3. The Bertz CT molecular complexity index is 287. The van der Waals surface area contributed by atoms with Crippen LogP contribution in [0.3, 0.4) is 0 Å². The molecule has 0 rings (SSSR count). The van der Waals surface area contributed by atoms with Gasteiger partial charge in [-0.15, -0.1) is 0 Å². The third kappa shape index (κ3) is 31.7. The molecule has 0 radical (unpaired) electrons. The van der Waals surface area contributed by atoms with Crippen molar-refractivity contribution in [3.8, 4) is 0 Å². The molecule has 0 unspecified atom stereocenters. The van der Waals surface area contributed by atoms with Gasteiger partial charge in [0.05, 0.1) is 33.0 Å². The Morgan fingerprint density at radius 1 is 0.632 bits per heavy atom. The van der Waals surface area contributed by atoms with Crippen LogP contribution in [0.15, 0.2) is 34.8 Å². The first-order valence-corrected chi connectivity index (χ1v) is 4.74. The van der Waals surface area contributed by atoms with E-state index in [1.54, 1.807) is 0 Å². The molecule has 0 fully saturated rings. The number of carbonyl (C=O) groups is 3. The zero-order valence-electron chi connectivity index (χ0n) is 9.28. The molecule has 0 aliphatic rings. The van der Waals surface area contributed by atoms with Gasteiger partial charge in [-0.3, -0.25) is 0 Å². The summed E-state index contributed by atoms with van der Waals surface area (Å²) in [4.78, 5) is 28.1. The van der Waals surface area contributed by atoms with Crippen LogP contribution in [0.2, 0.25) is 0 Å². The first kappa shape index (κ1) is 26.7. The Labute approximate surface area is 137 Å². The molecule has 0 atom stereocenters. The number of halogens is 3. The molecule has 19 heavy (non-hydrogen) atoms. The number of aliphatic carboxylic acids is 3. The van der Waals surface area contributed by atoms with E-state index in [1.165, 1.54) is 0 Å². The minimum Gasteiger partial charge on any atom is -0.544 e. The van der Waals surface area contributed by atoms with E-state index < -0.39 is 33.0 Å². The van der Waals surface area contributed by atoms with Crippen molar-refractivity contribution in [2.24, 2.45) is 0 Å². The number of carbonyl (C=O) groups excluding carboxylic acids is 3. The van der Waals surface area contributed by atoms with Gasteiger partial charge in [0.25, 0.3) is 0 Å². The minimum atomic E-state index is -1.42. The Morgan fingerprint density at radius 2 is 0.684 bits per heavy atom. The predicted molar refractivity (Wildman–Crippen MR) is 65.8 cm³/mol. The van der Waals surface area contributed by atoms with Crippen LogP contribution in [0, 0.1) is 0 Å². The number of hydrogen-bond donors (Lipinski definition) is 0. The van der Waals surface area contributed by atoms with Gasteiger partial charge in [-0.2, -0.15) is 0 Å². The fourth-order valence-corrected chi connectivity index (χ4v) is 0. The molecule has 0 aliphatic carbocycles. The van der Waals surface area contributed by atoms with Crippen LogP contribution in [0.1, 0.15) is 0 Å². The second-order valence-electron chi connectivity index (χ2n) is 2.08. The van der Waals surface area contributed by atoms with Crippen molar-refractivity contribution in [1.29, 1.82) is 0 Å². The Kier molecular flexibility index (Phi) is 21.3. The molecule has 0 heterocycles. The van der Waals surface area contributed by atoms with Crippen LogP contribution in [-0.2, 0) is 14.4 Å². The number of rotatable bonds is 3. The van der Waals surface area contributed by atoms with Crippen LogP contribution in [0.5, 0.6) is 0 Å². The summed E-state index contributed by atoms with van der Waals surface area (Å²) in [5.74, 6) is -4.26. The molecule has 0 saturated carbocycles. The van der Waals surface area contributed by atoms with Crippen molar-refractivity contribution in [3.05, 3.63) is 34.8 Å². The summed E-state index contributed by atoms with van der Waals surface area (Å²) in [6.07, 6.45) is 0. The van der Waals surface area contributed by atoms with Crippen LogP contribution in [0.25, 0.3) is 0 Å². The van der Waals surface area contributed by atoms with Crippen molar-refractivity contribution >= 4 is 72.5 Å². The molecule has 0 spiro atoms. The second-order valence-corrected chi connectivity index (χ2v) is 3.45. The van der Waals surface area contributed by atoms with Gasteiger partial charge in [0.2, 0.25) is 0 Å². The molecule has 0 aliphatic heterocycles. The standard InChI is InChI=1S/3C3H3ClO2.Ga/c3*1-2(4)3(5)6;/h3*1H2,(H,5,6);/q;;;+3/p-3. The minimum absolute atomic E-state index is 0. The summed E-state index contributed by atoms with van der Waals surface area (Å²) < 4.78 is 0. The quantitative estimate of drug-likeness (QED) is 0.412. The molecule has 0 aromatic rings. The van der Waals surface area contributed by atoms with E-state index in [0.717, 1.165) is 0 Å². The van der Waals surface area contributed by atoms with Crippen LogP contribution >= 0.6 is 34.8 Å². The molecule has 6 nitrogen and oxygen atoms in total. The maximum Gasteiger partial charge on any atom is 3.00 e. The largest absolute Gasteiger partial charge is 3.00 e. The van der Waals surface area contributed by atoms with Gasteiger partial charge in [0, 0.05) is 0 Å². The van der Waals surface area contributed by atoms with Crippen LogP contribution in [0.4, 0.5) is 0 Å². The van der Waals surface area contributed by atoms with E-state index in [-0.39, 0.29) is 19.8 Å². The maximum atomic E-state index is 9.36. The topological polar surface area (TPSA) is 120 Å². The summed E-state index contributed by atoms with van der Waals surface area (Å²) in [6, 6.07) is 0. The van der Waals surface area contributed by atoms with Gasteiger partial charge >= 0.3 is 19.8 Å². The molecular weight excluding hydrogens is 380 g/mol. The van der Waals surface area contributed by atoms with Gasteiger partial charge in [-0.05, 0) is 0 Å². The smallest absolute Gasteiger partial charge is 0.544 e. The van der Waals surface area contributed by atoms with Crippen LogP contribution < -0.4 is 15.3 Å². The third-order valence-corrected chi connectivity index (χ3v) is 1.13. The van der Waals surface area contributed by atoms with Gasteiger partial charge in [0.15, 0.2) is 0 Å². The first-order chi connectivity index (χ1) is 7.93. The summed E-state index contributed by atoms with van der Waals surface area (Å²) in [6.45, 7) is 8.57. The first-order valence-electron chi connectivity index (χ1n) is 3.60. The summed E-state index contributed by atoms with van der Waals surface area (Å²) in [5, 5.41) is 26.7. The number of carboxylic acid groups (broad SMARTS) is 3. The van der Waals surface area contributed by atoms with Crippen LogP contribution in [-0.4, -0.2) is 37.7 Å². The van der Waals surface area contributed by atoms with E-state index in [1.807, 2.05) is 0 Å². The Hall–Kier alpha value is -0.864. The van der Waals surface area contributed by atoms with E-state index >= 15 is 0 Å². The molecule has 0 amide bonds. The van der Waals surface area contributed by atoms with Gasteiger partial charge in [0.1, 0.15) is 0 Å². The van der Waals surface area contributed by atoms with Crippen molar-refractivity contribution in [2.75, 3.05) is 0 Å². The zero-order chi connectivity index (χ0) is 15.5. The average molecular weight is 386 g/mol. The predicted octanol–water partition coefficient (Wildman–Crippen LogP) is -1.91. The van der Waals surface area contributed by atoms with Crippen molar-refractivity contribution in [2.45, 2.75) is 0 Å². The van der Waals surface area contributed by atoms with Gasteiger partial charge in [-0.1, -0.05) is 54.5 Å².